The SMILES string of the molecule is Cc1cn(-c2ccc(-c3ccc(NCC4CC5(C)CCC(C)(C4)N5)nn3)c(O)c2)cn1. The van der Waals surface area contributed by atoms with E-state index in [0.29, 0.717) is 17.2 Å². The average molecular weight is 419 g/mol. The normalized spacial score (nSPS) is 27.4. The second-order valence-corrected chi connectivity index (χ2v) is 9.83. The molecule has 162 valence electrons. The Labute approximate surface area is 182 Å². The number of hydrogen-bond donors (Lipinski definition) is 3. The van der Waals surface area contributed by atoms with Gasteiger partial charge in [0.15, 0.2) is 0 Å². The molecule has 2 atom stereocenters. The van der Waals surface area contributed by atoms with Crippen LogP contribution in [0.5, 0.6) is 5.75 Å². The molecule has 0 saturated carbocycles. The molecule has 2 aromatic heterocycles. The number of piperidine rings is 1. The maximum atomic E-state index is 10.5. The van der Waals surface area contributed by atoms with Crippen molar-refractivity contribution in [3.05, 3.63) is 48.5 Å². The fourth-order valence-electron chi connectivity index (χ4n) is 5.48. The van der Waals surface area contributed by atoms with Crippen molar-refractivity contribution < 1.29 is 5.11 Å². The highest BCUT2D eigenvalue weighted by molar-refractivity contribution is 5.69. The Morgan fingerprint density at radius 3 is 2.52 bits per heavy atom. The van der Waals surface area contributed by atoms with Gasteiger partial charge in [-0.25, -0.2) is 4.98 Å². The molecule has 4 heterocycles. The molecule has 1 aromatic carbocycles. The molecule has 7 nitrogen and oxygen atoms in total. The fraction of sp³-hybridized carbons (Fsp3) is 0.458. The summed E-state index contributed by atoms with van der Waals surface area (Å²) >= 11 is 0. The number of phenolic OH excluding ortho intramolecular Hbond substituents is 1. The van der Waals surface area contributed by atoms with Crippen molar-refractivity contribution in [3.63, 3.8) is 0 Å². The lowest BCUT2D eigenvalue weighted by molar-refractivity contribution is 0.178. The number of aromatic hydroxyl groups is 1. The van der Waals surface area contributed by atoms with E-state index in [1.165, 1.54) is 25.7 Å². The van der Waals surface area contributed by atoms with Crippen LogP contribution in [0.1, 0.15) is 45.2 Å². The van der Waals surface area contributed by atoms with E-state index >= 15 is 0 Å². The number of aromatic nitrogens is 4. The molecule has 3 aromatic rings. The van der Waals surface area contributed by atoms with Crippen molar-refractivity contribution in [2.45, 2.75) is 57.5 Å². The lowest BCUT2D eigenvalue weighted by Crippen LogP contribution is -2.54. The van der Waals surface area contributed by atoms with E-state index in [0.717, 1.165) is 23.7 Å². The molecule has 2 saturated heterocycles. The van der Waals surface area contributed by atoms with Gasteiger partial charge in [0.1, 0.15) is 11.6 Å². The predicted octanol–water partition coefficient (Wildman–Crippen LogP) is 4.07. The summed E-state index contributed by atoms with van der Waals surface area (Å²) in [4.78, 5) is 4.23. The molecule has 2 aliphatic rings. The number of nitrogens with one attached hydrogen (secondary N) is 2. The molecule has 2 bridgehead atoms. The third-order valence-corrected chi connectivity index (χ3v) is 6.81. The molecule has 2 aliphatic heterocycles. The number of hydrogen-bond acceptors (Lipinski definition) is 6. The lowest BCUT2D eigenvalue weighted by atomic mass is 9.80. The number of aryl methyl sites for hydroxylation is 1. The van der Waals surface area contributed by atoms with Gasteiger partial charge in [-0.15, -0.1) is 10.2 Å². The van der Waals surface area contributed by atoms with Crippen LogP contribution in [0.3, 0.4) is 0 Å². The van der Waals surface area contributed by atoms with E-state index < -0.39 is 0 Å². The Morgan fingerprint density at radius 1 is 1.13 bits per heavy atom. The standard InChI is InChI=1S/C24H30N6O/c1-16-14-30(15-26-16)18-4-5-19(21(31)10-18)20-6-7-22(28-27-20)25-13-17-11-23(2)8-9-24(3,12-17)29-23/h4-7,10,14-15,17,29,31H,8-9,11-13H2,1-3H3,(H,25,28). The van der Waals surface area contributed by atoms with Crippen LogP contribution < -0.4 is 10.6 Å². The van der Waals surface area contributed by atoms with Crippen LogP contribution in [0.15, 0.2) is 42.9 Å². The second kappa shape index (κ2) is 7.34. The number of imidazole rings is 1. The number of fused-ring (bicyclic) bond motifs is 2. The Hall–Kier alpha value is -2.93. The minimum Gasteiger partial charge on any atom is -0.507 e. The van der Waals surface area contributed by atoms with Gasteiger partial charge in [0.25, 0.3) is 0 Å². The Bertz CT molecular complexity index is 1080. The van der Waals surface area contributed by atoms with E-state index in [-0.39, 0.29) is 16.8 Å². The van der Waals surface area contributed by atoms with Crippen LogP contribution in [-0.2, 0) is 0 Å². The highest BCUT2D eigenvalue weighted by Crippen LogP contribution is 2.44. The van der Waals surface area contributed by atoms with E-state index in [1.54, 1.807) is 12.4 Å². The molecule has 0 amide bonds. The summed E-state index contributed by atoms with van der Waals surface area (Å²) in [6.45, 7) is 7.55. The van der Waals surface area contributed by atoms with Crippen molar-refractivity contribution in [1.82, 2.24) is 25.1 Å². The number of nitrogens with zero attached hydrogens (tertiary/aromatic N) is 4. The van der Waals surface area contributed by atoms with Gasteiger partial charge in [-0.3, -0.25) is 0 Å². The number of phenols is 1. The zero-order valence-corrected chi connectivity index (χ0v) is 18.4. The van der Waals surface area contributed by atoms with E-state index in [9.17, 15) is 5.11 Å². The van der Waals surface area contributed by atoms with Gasteiger partial charge in [0, 0.05) is 35.4 Å². The Balaban J connectivity index is 1.25. The largest absolute Gasteiger partial charge is 0.507 e. The molecule has 7 heteroatoms. The van der Waals surface area contributed by atoms with Gasteiger partial charge in [-0.05, 0) is 76.6 Å². The van der Waals surface area contributed by atoms with E-state index in [2.05, 4.69) is 39.7 Å². The highest BCUT2D eigenvalue weighted by Gasteiger charge is 2.48. The molecular weight excluding hydrogens is 388 g/mol. The summed E-state index contributed by atoms with van der Waals surface area (Å²) in [6, 6.07) is 9.37. The van der Waals surface area contributed by atoms with Crippen LogP contribution in [0.4, 0.5) is 5.82 Å². The monoisotopic (exact) mass is 418 g/mol. The zero-order chi connectivity index (χ0) is 21.6. The molecule has 3 N–H and O–H groups in total. The van der Waals surface area contributed by atoms with Crippen LogP contribution in [0.25, 0.3) is 16.9 Å². The van der Waals surface area contributed by atoms with Gasteiger partial charge >= 0.3 is 0 Å². The molecule has 31 heavy (non-hydrogen) atoms. The van der Waals surface area contributed by atoms with E-state index in [1.807, 2.05) is 42.0 Å². The number of rotatable bonds is 5. The van der Waals surface area contributed by atoms with Crippen molar-refractivity contribution in [2.75, 3.05) is 11.9 Å². The second-order valence-electron chi connectivity index (χ2n) is 9.83. The van der Waals surface area contributed by atoms with Gasteiger partial charge in [0.05, 0.1) is 23.4 Å². The minimum absolute atomic E-state index is 0.172. The van der Waals surface area contributed by atoms with E-state index in [4.69, 9.17) is 0 Å². The minimum atomic E-state index is 0.172. The summed E-state index contributed by atoms with van der Waals surface area (Å²) in [5, 5.41) is 26.5. The highest BCUT2D eigenvalue weighted by atomic mass is 16.3. The summed E-state index contributed by atoms with van der Waals surface area (Å²) in [7, 11) is 0. The molecule has 0 aliphatic carbocycles. The number of anilines is 1. The maximum Gasteiger partial charge on any atom is 0.148 e. The van der Waals surface area contributed by atoms with Crippen LogP contribution in [0, 0.1) is 12.8 Å². The Morgan fingerprint density at radius 2 is 1.90 bits per heavy atom. The third-order valence-electron chi connectivity index (χ3n) is 6.81. The summed E-state index contributed by atoms with van der Waals surface area (Å²) in [5.41, 5.74) is 3.64. The quantitative estimate of drug-likeness (QED) is 0.579. The van der Waals surface area contributed by atoms with Crippen LogP contribution >= 0.6 is 0 Å². The summed E-state index contributed by atoms with van der Waals surface area (Å²) in [6.07, 6.45) is 8.56. The molecule has 0 radical (unpaired) electrons. The van der Waals surface area contributed by atoms with Gasteiger partial charge in [-0.1, -0.05) is 0 Å². The first-order chi connectivity index (χ1) is 14.8. The number of benzene rings is 1. The first-order valence-corrected chi connectivity index (χ1v) is 11.0. The molecule has 0 spiro atoms. The fourth-order valence-corrected chi connectivity index (χ4v) is 5.48. The maximum absolute atomic E-state index is 10.5. The molecule has 5 rings (SSSR count). The molecule has 2 fully saturated rings. The van der Waals surface area contributed by atoms with Gasteiger partial charge in [0.2, 0.25) is 0 Å². The first-order valence-electron chi connectivity index (χ1n) is 11.0. The molecule has 2 unspecified atom stereocenters. The smallest absolute Gasteiger partial charge is 0.148 e. The average Bonchev–Trinajstić information content (AvgIpc) is 3.26. The predicted molar refractivity (Wildman–Crippen MR) is 121 cm³/mol. The third kappa shape index (κ3) is 4.02. The van der Waals surface area contributed by atoms with Gasteiger partial charge in [-0.2, -0.15) is 0 Å². The van der Waals surface area contributed by atoms with Crippen molar-refractivity contribution in [3.8, 4) is 22.7 Å². The summed E-state index contributed by atoms with van der Waals surface area (Å²) < 4.78 is 1.88. The van der Waals surface area contributed by atoms with Crippen LogP contribution in [0.2, 0.25) is 0 Å². The first kappa shape index (κ1) is 20.0. The Kier molecular flexibility index (Phi) is 4.73. The van der Waals surface area contributed by atoms with Crippen molar-refractivity contribution >= 4 is 5.82 Å². The van der Waals surface area contributed by atoms with Crippen LogP contribution in [-0.4, -0.2) is 42.5 Å². The zero-order valence-electron chi connectivity index (χ0n) is 18.4. The summed E-state index contributed by atoms with van der Waals surface area (Å²) in [5.74, 6) is 1.57. The lowest BCUT2D eigenvalue weighted by Gasteiger charge is -2.42. The van der Waals surface area contributed by atoms with Crippen molar-refractivity contribution in [2.24, 2.45) is 5.92 Å². The van der Waals surface area contributed by atoms with Crippen molar-refractivity contribution in [1.29, 1.82) is 0 Å². The molecular formula is C24H30N6O. The van der Waals surface area contributed by atoms with Gasteiger partial charge < -0.3 is 20.3 Å². The topological polar surface area (TPSA) is 87.9 Å².